The molecule has 0 fully saturated rings. The minimum absolute atomic E-state index is 0.0786. The maximum absolute atomic E-state index is 11.7. The van der Waals surface area contributed by atoms with Gasteiger partial charge in [0.15, 0.2) is 17.5 Å². The molecule has 28 heavy (non-hydrogen) atoms. The van der Waals surface area contributed by atoms with Crippen LogP contribution in [0.1, 0.15) is 25.8 Å². The molecule has 0 atom stereocenters. The highest BCUT2D eigenvalue weighted by atomic mass is 16.5. The Bertz CT molecular complexity index is 608. The van der Waals surface area contributed by atoms with Crippen LogP contribution >= 0.6 is 0 Å². The molecule has 0 saturated heterocycles. The maximum atomic E-state index is 11.7. The van der Waals surface area contributed by atoms with Gasteiger partial charge in [0.05, 0.1) is 20.3 Å². The van der Waals surface area contributed by atoms with Gasteiger partial charge in [-0.3, -0.25) is 4.79 Å². The SMILES string of the molecule is CCNC(=NCC(=O)NCCOC)NCCCc1ccc(OC)c(OCC)c1. The zero-order valence-corrected chi connectivity index (χ0v) is 17.5. The Morgan fingerprint density at radius 3 is 2.57 bits per heavy atom. The summed E-state index contributed by atoms with van der Waals surface area (Å²) >= 11 is 0. The normalized spacial score (nSPS) is 11.1. The van der Waals surface area contributed by atoms with E-state index in [2.05, 4.69) is 20.9 Å². The van der Waals surface area contributed by atoms with Crippen LogP contribution in [0.15, 0.2) is 23.2 Å². The number of aliphatic imine (C=N–C) groups is 1. The number of methoxy groups -OCH3 is 2. The molecule has 0 aromatic heterocycles. The second-order valence-electron chi connectivity index (χ2n) is 5.99. The molecule has 0 bridgehead atoms. The van der Waals surface area contributed by atoms with Gasteiger partial charge in [0.1, 0.15) is 6.54 Å². The first-order valence-electron chi connectivity index (χ1n) is 9.72. The average molecular weight is 395 g/mol. The largest absolute Gasteiger partial charge is 0.493 e. The van der Waals surface area contributed by atoms with E-state index >= 15 is 0 Å². The quantitative estimate of drug-likeness (QED) is 0.266. The minimum Gasteiger partial charge on any atom is -0.493 e. The van der Waals surface area contributed by atoms with E-state index in [1.54, 1.807) is 14.2 Å². The lowest BCUT2D eigenvalue weighted by Crippen LogP contribution is -2.39. The van der Waals surface area contributed by atoms with Gasteiger partial charge in [-0.1, -0.05) is 6.07 Å². The lowest BCUT2D eigenvalue weighted by atomic mass is 10.1. The predicted octanol–water partition coefficient (Wildman–Crippen LogP) is 1.34. The molecular weight excluding hydrogens is 360 g/mol. The molecule has 3 N–H and O–H groups in total. The second kappa shape index (κ2) is 14.6. The number of rotatable bonds is 13. The summed E-state index contributed by atoms with van der Waals surface area (Å²) in [5.41, 5.74) is 1.19. The summed E-state index contributed by atoms with van der Waals surface area (Å²) < 4.78 is 15.8. The first-order valence-corrected chi connectivity index (χ1v) is 9.72. The van der Waals surface area contributed by atoms with Crippen molar-refractivity contribution in [3.63, 3.8) is 0 Å². The monoisotopic (exact) mass is 394 g/mol. The molecular formula is C20H34N4O4. The molecule has 1 rings (SSSR count). The number of ether oxygens (including phenoxy) is 3. The Kier molecular flexibility index (Phi) is 12.3. The Morgan fingerprint density at radius 1 is 1.07 bits per heavy atom. The number of benzene rings is 1. The van der Waals surface area contributed by atoms with Crippen LogP contribution in [0.4, 0.5) is 0 Å². The Hall–Kier alpha value is -2.48. The van der Waals surface area contributed by atoms with Crippen molar-refractivity contribution < 1.29 is 19.0 Å². The number of amides is 1. The standard InChI is InChI=1S/C20H34N4O4/c1-5-21-20(24-15-19(25)22-12-13-26-3)23-11-7-8-16-9-10-17(27-4)18(14-16)28-6-2/h9-10,14H,5-8,11-13,15H2,1-4H3,(H,22,25)(H2,21,23,24). The highest BCUT2D eigenvalue weighted by molar-refractivity contribution is 5.84. The summed E-state index contributed by atoms with van der Waals surface area (Å²) in [5, 5.41) is 9.14. The van der Waals surface area contributed by atoms with Crippen LogP contribution in [0, 0.1) is 0 Å². The van der Waals surface area contributed by atoms with Crippen LogP contribution in [0.25, 0.3) is 0 Å². The fraction of sp³-hybridized carbons (Fsp3) is 0.600. The van der Waals surface area contributed by atoms with E-state index in [-0.39, 0.29) is 12.5 Å². The van der Waals surface area contributed by atoms with Gasteiger partial charge in [-0.2, -0.15) is 0 Å². The van der Waals surface area contributed by atoms with Crippen molar-refractivity contribution in [2.75, 3.05) is 53.6 Å². The van der Waals surface area contributed by atoms with E-state index in [4.69, 9.17) is 14.2 Å². The molecule has 1 amide bonds. The predicted molar refractivity (Wildman–Crippen MR) is 111 cm³/mol. The molecule has 1 aromatic carbocycles. The number of nitrogens with one attached hydrogen (secondary N) is 3. The van der Waals surface area contributed by atoms with Crippen LogP contribution < -0.4 is 25.4 Å². The van der Waals surface area contributed by atoms with Gasteiger partial charge < -0.3 is 30.2 Å². The fourth-order valence-electron chi connectivity index (χ4n) is 2.49. The zero-order chi connectivity index (χ0) is 20.6. The molecule has 0 saturated carbocycles. The van der Waals surface area contributed by atoms with Crippen molar-refractivity contribution in [3.8, 4) is 11.5 Å². The summed E-state index contributed by atoms with van der Waals surface area (Å²) in [6, 6.07) is 6.00. The fourth-order valence-corrected chi connectivity index (χ4v) is 2.49. The lowest BCUT2D eigenvalue weighted by molar-refractivity contribution is -0.119. The van der Waals surface area contributed by atoms with Crippen LogP contribution in [0.3, 0.4) is 0 Å². The van der Waals surface area contributed by atoms with Gasteiger partial charge in [0.25, 0.3) is 0 Å². The van der Waals surface area contributed by atoms with Crippen molar-refractivity contribution in [3.05, 3.63) is 23.8 Å². The van der Waals surface area contributed by atoms with E-state index in [1.807, 2.05) is 32.0 Å². The van der Waals surface area contributed by atoms with E-state index < -0.39 is 0 Å². The average Bonchev–Trinajstić information content (AvgIpc) is 2.70. The Labute approximate surface area is 168 Å². The summed E-state index contributed by atoms with van der Waals surface area (Å²) in [6.45, 7) is 7.07. The number of carbonyl (C=O) groups excluding carboxylic acids is 1. The summed E-state index contributed by atoms with van der Waals surface area (Å²) in [4.78, 5) is 16.0. The van der Waals surface area contributed by atoms with Crippen LogP contribution in [0.2, 0.25) is 0 Å². The van der Waals surface area contributed by atoms with E-state index in [1.165, 1.54) is 5.56 Å². The van der Waals surface area contributed by atoms with Crippen molar-refractivity contribution in [2.45, 2.75) is 26.7 Å². The molecule has 1 aromatic rings. The minimum atomic E-state index is -0.129. The maximum Gasteiger partial charge on any atom is 0.241 e. The van der Waals surface area contributed by atoms with Crippen molar-refractivity contribution >= 4 is 11.9 Å². The molecule has 158 valence electrons. The highest BCUT2D eigenvalue weighted by Crippen LogP contribution is 2.28. The first kappa shape index (κ1) is 23.6. The molecule has 0 aliphatic rings. The second-order valence-corrected chi connectivity index (χ2v) is 5.99. The Morgan fingerprint density at radius 2 is 1.89 bits per heavy atom. The number of hydrogen-bond acceptors (Lipinski definition) is 5. The molecule has 8 heteroatoms. The summed E-state index contributed by atoms with van der Waals surface area (Å²) in [7, 11) is 3.24. The van der Waals surface area contributed by atoms with E-state index in [0.717, 1.165) is 37.4 Å². The van der Waals surface area contributed by atoms with Gasteiger partial charge in [-0.15, -0.1) is 0 Å². The Balaban J connectivity index is 2.44. The molecule has 0 aliphatic carbocycles. The van der Waals surface area contributed by atoms with Gasteiger partial charge in [0.2, 0.25) is 5.91 Å². The summed E-state index contributed by atoms with van der Waals surface area (Å²) in [5.74, 6) is 2.02. The van der Waals surface area contributed by atoms with Gasteiger partial charge in [-0.05, 0) is 44.4 Å². The van der Waals surface area contributed by atoms with Crippen LogP contribution in [-0.4, -0.2) is 65.5 Å². The molecule has 8 nitrogen and oxygen atoms in total. The highest BCUT2D eigenvalue weighted by Gasteiger charge is 2.06. The lowest BCUT2D eigenvalue weighted by Gasteiger charge is -2.13. The van der Waals surface area contributed by atoms with E-state index in [9.17, 15) is 4.79 Å². The summed E-state index contributed by atoms with van der Waals surface area (Å²) in [6.07, 6.45) is 1.82. The van der Waals surface area contributed by atoms with Crippen LogP contribution in [-0.2, 0) is 16.0 Å². The topological polar surface area (TPSA) is 93.2 Å². The number of aryl methyl sites for hydroxylation is 1. The third-order valence-electron chi connectivity index (χ3n) is 3.82. The van der Waals surface area contributed by atoms with E-state index in [0.29, 0.717) is 25.7 Å². The first-order chi connectivity index (χ1) is 13.6. The smallest absolute Gasteiger partial charge is 0.241 e. The van der Waals surface area contributed by atoms with Gasteiger partial charge in [-0.25, -0.2) is 4.99 Å². The molecule has 0 spiro atoms. The molecule has 0 radical (unpaired) electrons. The molecule has 0 unspecified atom stereocenters. The van der Waals surface area contributed by atoms with Crippen molar-refractivity contribution in [1.82, 2.24) is 16.0 Å². The van der Waals surface area contributed by atoms with Gasteiger partial charge in [0, 0.05) is 26.7 Å². The zero-order valence-electron chi connectivity index (χ0n) is 17.5. The van der Waals surface area contributed by atoms with Crippen LogP contribution in [0.5, 0.6) is 11.5 Å². The number of hydrogen-bond donors (Lipinski definition) is 3. The third-order valence-corrected chi connectivity index (χ3v) is 3.82. The molecule has 0 heterocycles. The third kappa shape index (κ3) is 9.45. The molecule has 0 aliphatic heterocycles. The van der Waals surface area contributed by atoms with Crippen molar-refractivity contribution in [2.24, 2.45) is 4.99 Å². The van der Waals surface area contributed by atoms with Crippen molar-refractivity contribution in [1.29, 1.82) is 0 Å². The number of carbonyl (C=O) groups is 1. The van der Waals surface area contributed by atoms with Gasteiger partial charge >= 0.3 is 0 Å². The number of guanidine groups is 1. The number of nitrogens with zero attached hydrogens (tertiary/aromatic N) is 1.